The first-order chi connectivity index (χ1) is 23.7. The van der Waals surface area contributed by atoms with Gasteiger partial charge >= 0.3 is 5.97 Å². The van der Waals surface area contributed by atoms with E-state index < -0.39 is 29.1 Å². The van der Waals surface area contributed by atoms with E-state index >= 15 is 0 Å². The Labute approximate surface area is 288 Å². The molecule has 1 aliphatic heterocycles. The summed E-state index contributed by atoms with van der Waals surface area (Å²) < 4.78 is 17.9. The zero-order valence-electron chi connectivity index (χ0n) is 28.4. The number of aliphatic hydroxyl groups is 1. The molecule has 0 aromatic heterocycles. The Kier molecular flexibility index (Phi) is 11.8. The first-order valence-corrected chi connectivity index (χ1v) is 16.7. The van der Waals surface area contributed by atoms with Crippen molar-refractivity contribution in [1.82, 2.24) is 10.9 Å². The monoisotopic (exact) mass is 663 g/mol. The van der Waals surface area contributed by atoms with E-state index in [1.807, 2.05) is 118 Å². The summed E-state index contributed by atoms with van der Waals surface area (Å²) in [6.45, 7) is 6.36. The number of carbonyl (C=O) groups is 2. The van der Waals surface area contributed by atoms with Gasteiger partial charge in [-0.15, -0.1) is 0 Å². The number of nitrogens with one attached hydrogen (secondary N) is 2. The van der Waals surface area contributed by atoms with E-state index in [0.29, 0.717) is 37.3 Å². The highest BCUT2D eigenvalue weighted by Gasteiger charge is 2.53. The van der Waals surface area contributed by atoms with E-state index in [9.17, 15) is 9.59 Å². The van der Waals surface area contributed by atoms with Crippen LogP contribution in [0.2, 0.25) is 0 Å². The summed E-state index contributed by atoms with van der Waals surface area (Å²) in [5.41, 5.74) is 8.39. The maximum atomic E-state index is 14.4. The van der Waals surface area contributed by atoms with Crippen LogP contribution in [-0.2, 0) is 25.5 Å². The molecule has 0 saturated heterocycles. The van der Waals surface area contributed by atoms with Gasteiger partial charge < -0.3 is 19.3 Å². The summed E-state index contributed by atoms with van der Waals surface area (Å²) in [5.74, 6) is 0.0752. The van der Waals surface area contributed by atoms with Crippen LogP contribution in [0.4, 0.5) is 0 Å². The predicted molar refractivity (Wildman–Crippen MR) is 190 cm³/mol. The lowest BCUT2D eigenvalue weighted by molar-refractivity contribution is -0.155. The zero-order chi connectivity index (χ0) is 34.7. The van der Waals surface area contributed by atoms with Crippen LogP contribution in [0.25, 0.3) is 11.1 Å². The van der Waals surface area contributed by atoms with E-state index in [-0.39, 0.29) is 25.3 Å². The molecular weight excluding hydrogens is 618 g/mol. The molecule has 1 aliphatic rings. The lowest BCUT2D eigenvalue weighted by Gasteiger charge is -2.31. The molecule has 0 unspecified atom stereocenters. The van der Waals surface area contributed by atoms with Gasteiger partial charge in [-0.1, -0.05) is 84.9 Å². The molecule has 0 aliphatic carbocycles. The molecule has 9 heteroatoms. The first-order valence-electron chi connectivity index (χ1n) is 16.7. The maximum absolute atomic E-state index is 14.4. The molecule has 5 rings (SSSR count). The van der Waals surface area contributed by atoms with E-state index in [1.165, 1.54) is 0 Å². The van der Waals surface area contributed by atoms with Crippen LogP contribution in [0.1, 0.15) is 62.8 Å². The Hall–Kier alpha value is -4.99. The highest BCUT2D eigenvalue weighted by atomic mass is 16.6. The predicted octanol–water partition coefficient (Wildman–Crippen LogP) is 6.36. The number of nitrogens with zero attached hydrogens (tertiary/aromatic N) is 1. The van der Waals surface area contributed by atoms with Crippen molar-refractivity contribution in [3.63, 3.8) is 0 Å². The number of esters is 1. The van der Waals surface area contributed by atoms with E-state index in [2.05, 4.69) is 10.9 Å². The summed E-state index contributed by atoms with van der Waals surface area (Å²) in [5, 5.41) is 9.09. The summed E-state index contributed by atoms with van der Waals surface area (Å²) in [6, 6.07) is 35.2. The van der Waals surface area contributed by atoms with Gasteiger partial charge in [0.05, 0.1) is 6.61 Å². The first kappa shape index (κ1) is 35.3. The van der Waals surface area contributed by atoms with Crippen LogP contribution in [-0.4, -0.2) is 53.8 Å². The van der Waals surface area contributed by atoms with E-state index in [4.69, 9.17) is 24.3 Å². The van der Waals surface area contributed by atoms with Crippen molar-refractivity contribution in [2.24, 2.45) is 4.99 Å². The summed E-state index contributed by atoms with van der Waals surface area (Å²) >= 11 is 0. The second kappa shape index (κ2) is 16.4. The minimum Gasteiger partial charge on any atom is -0.494 e. The minimum absolute atomic E-state index is 0.0466. The van der Waals surface area contributed by atoms with Gasteiger partial charge in [0.25, 0.3) is 5.91 Å². The standard InChI is InChI=1S/C40H45N3O6/c1-39(2,3)49-35(45)23-25-40(38(46)43-41-26-24-29-11-6-4-7-12-29)36(32-17-15-31(16-18-32)30-13-8-5-9-14-30)48-37(42-40)33-19-21-34(22-20-33)47-28-10-27-44/h4-9,11-22,36,41,44H,10,23-28H2,1-3H3,(H,43,46)/t36-,40-/m0/s1. The molecule has 1 heterocycles. The van der Waals surface area contributed by atoms with Gasteiger partial charge in [0, 0.05) is 31.6 Å². The molecular formula is C40H45N3O6. The van der Waals surface area contributed by atoms with Crippen LogP contribution in [0, 0.1) is 0 Å². The second-order valence-electron chi connectivity index (χ2n) is 13.0. The number of aliphatic hydroxyl groups excluding tert-OH is 1. The number of ether oxygens (including phenoxy) is 3. The Balaban J connectivity index is 1.47. The number of hydrogen-bond donors (Lipinski definition) is 3. The maximum Gasteiger partial charge on any atom is 0.306 e. The smallest absolute Gasteiger partial charge is 0.306 e. The van der Waals surface area contributed by atoms with Crippen molar-refractivity contribution in [2.45, 2.75) is 63.7 Å². The molecule has 4 aromatic carbocycles. The van der Waals surface area contributed by atoms with Gasteiger partial charge in [0.15, 0.2) is 11.6 Å². The third-order valence-corrected chi connectivity index (χ3v) is 8.06. The molecule has 0 radical (unpaired) electrons. The van der Waals surface area contributed by atoms with Crippen molar-refractivity contribution < 1.29 is 28.9 Å². The largest absolute Gasteiger partial charge is 0.494 e. The molecule has 4 aromatic rings. The fourth-order valence-electron chi connectivity index (χ4n) is 5.64. The third-order valence-electron chi connectivity index (χ3n) is 8.06. The molecule has 3 N–H and O–H groups in total. The highest BCUT2D eigenvalue weighted by Crippen LogP contribution is 2.43. The van der Waals surface area contributed by atoms with Crippen molar-refractivity contribution in [3.05, 3.63) is 126 Å². The Morgan fingerprint density at radius 3 is 2.14 bits per heavy atom. The lowest BCUT2D eigenvalue weighted by atomic mass is 9.83. The number of aliphatic imine (C=N–C) groups is 1. The summed E-state index contributed by atoms with van der Waals surface area (Å²) in [4.78, 5) is 32.4. The Morgan fingerprint density at radius 1 is 0.857 bits per heavy atom. The number of amides is 1. The molecule has 9 nitrogen and oxygen atoms in total. The number of hydrogen-bond acceptors (Lipinski definition) is 8. The van der Waals surface area contributed by atoms with Crippen LogP contribution >= 0.6 is 0 Å². The second-order valence-corrected chi connectivity index (χ2v) is 13.0. The Bertz CT molecular complexity index is 1690. The quantitative estimate of drug-likeness (QED) is 0.0770. The van der Waals surface area contributed by atoms with Gasteiger partial charge in [-0.3, -0.25) is 15.0 Å². The third kappa shape index (κ3) is 9.55. The summed E-state index contributed by atoms with van der Waals surface area (Å²) in [7, 11) is 0. The minimum atomic E-state index is -1.50. The number of carbonyl (C=O) groups excluding carboxylic acids is 2. The molecule has 0 fully saturated rings. The lowest BCUT2D eigenvalue weighted by Crippen LogP contribution is -2.53. The fraction of sp³-hybridized carbons (Fsp3) is 0.325. The van der Waals surface area contributed by atoms with Gasteiger partial charge in [0.1, 0.15) is 11.4 Å². The molecule has 0 bridgehead atoms. The molecule has 0 saturated carbocycles. The number of rotatable bonds is 15. The SMILES string of the molecule is CC(C)(C)OC(=O)CC[C@]1(C(=O)NNCCc2ccccc2)N=C(c2ccc(OCCCO)cc2)O[C@H]1c1ccc(-c2ccccc2)cc1. The van der Waals surface area contributed by atoms with Gasteiger partial charge in [0.2, 0.25) is 5.90 Å². The van der Waals surface area contributed by atoms with Crippen molar-refractivity contribution in [1.29, 1.82) is 0 Å². The van der Waals surface area contributed by atoms with Crippen molar-refractivity contribution in [3.8, 4) is 16.9 Å². The van der Waals surface area contributed by atoms with E-state index in [1.54, 1.807) is 12.1 Å². The molecule has 2 atom stereocenters. The Morgan fingerprint density at radius 2 is 1.49 bits per heavy atom. The van der Waals surface area contributed by atoms with Crippen LogP contribution < -0.4 is 15.6 Å². The van der Waals surface area contributed by atoms with Crippen molar-refractivity contribution in [2.75, 3.05) is 19.8 Å². The molecule has 49 heavy (non-hydrogen) atoms. The molecule has 0 spiro atoms. The average molecular weight is 664 g/mol. The van der Waals surface area contributed by atoms with Crippen LogP contribution in [0.15, 0.2) is 114 Å². The summed E-state index contributed by atoms with van der Waals surface area (Å²) in [6.07, 6.45) is 0.382. The zero-order valence-corrected chi connectivity index (χ0v) is 28.4. The van der Waals surface area contributed by atoms with Gasteiger partial charge in [-0.2, -0.15) is 0 Å². The average Bonchev–Trinajstić information content (AvgIpc) is 3.51. The number of hydrazine groups is 1. The van der Waals surface area contributed by atoms with Gasteiger partial charge in [-0.25, -0.2) is 10.4 Å². The topological polar surface area (TPSA) is 118 Å². The fourth-order valence-corrected chi connectivity index (χ4v) is 5.64. The van der Waals surface area contributed by atoms with Gasteiger partial charge in [-0.05, 0) is 80.1 Å². The highest BCUT2D eigenvalue weighted by molar-refractivity contribution is 6.01. The van der Waals surface area contributed by atoms with Crippen LogP contribution in [0.3, 0.4) is 0 Å². The number of benzene rings is 4. The van der Waals surface area contributed by atoms with Crippen molar-refractivity contribution >= 4 is 17.8 Å². The van der Waals surface area contributed by atoms with Crippen LogP contribution in [0.5, 0.6) is 5.75 Å². The normalized spacial score (nSPS) is 17.1. The molecule has 256 valence electrons. The molecule has 1 amide bonds. The van der Waals surface area contributed by atoms with E-state index in [0.717, 1.165) is 22.3 Å².